The first-order valence-electron chi connectivity index (χ1n) is 6.00. The fourth-order valence-corrected chi connectivity index (χ4v) is 2.27. The highest BCUT2D eigenvalue weighted by Crippen LogP contribution is 2.49. The van der Waals surface area contributed by atoms with Crippen LogP contribution in [-0.4, -0.2) is 22.8 Å². The molecule has 1 aromatic carbocycles. The number of nitro groups is 1. The van der Waals surface area contributed by atoms with Gasteiger partial charge in [0.2, 0.25) is 5.91 Å². The second kappa shape index (κ2) is 4.08. The standard InChI is InChI=1S/C12H8FN3O5/c13-6-3-7(5-8(4-6)16(20)21)15-10(18)12(1-2-12)9(17)14-11(15)19/h3-5H,1-2H2,(H,14,17,19). The molecular formula is C12H8FN3O5. The minimum absolute atomic E-state index is 0.275. The lowest BCUT2D eigenvalue weighted by molar-refractivity contribution is -0.385. The highest BCUT2D eigenvalue weighted by Gasteiger charge is 2.62. The predicted molar refractivity (Wildman–Crippen MR) is 65.7 cm³/mol. The summed E-state index contributed by atoms with van der Waals surface area (Å²) in [4.78, 5) is 46.2. The molecule has 0 radical (unpaired) electrons. The number of carbonyl (C=O) groups is 3. The Morgan fingerprint density at radius 3 is 2.48 bits per heavy atom. The molecule has 0 aromatic heterocycles. The van der Waals surface area contributed by atoms with E-state index in [1.807, 2.05) is 5.32 Å². The summed E-state index contributed by atoms with van der Waals surface area (Å²) in [5.74, 6) is -2.42. The Morgan fingerprint density at radius 2 is 1.90 bits per heavy atom. The maximum absolute atomic E-state index is 13.4. The molecule has 1 saturated heterocycles. The Balaban J connectivity index is 2.07. The van der Waals surface area contributed by atoms with Gasteiger partial charge in [-0.25, -0.2) is 14.1 Å². The molecule has 9 heteroatoms. The molecule has 1 heterocycles. The van der Waals surface area contributed by atoms with Gasteiger partial charge in [0.25, 0.3) is 11.6 Å². The van der Waals surface area contributed by atoms with Crippen LogP contribution in [0.4, 0.5) is 20.6 Å². The van der Waals surface area contributed by atoms with Crippen LogP contribution in [0, 0.1) is 21.3 Å². The maximum atomic E-state index is 13.4. The summed E-state index contributed by atoms with van der Waals surface area (Å²) < 4.78 is 13.4. The second-order valence-electron chi connectivity index (χ2n) is 4.91. The number of urea groups is 1. The quantitative estimate of drug-likeness (QED) is 0.498. The molecule has 1 aromatic rings. The number of barbiturate groups is 1. The zero-order chi connectivity index (χ0) is 15.4. The predicted octanol–water partition coefficient (Wildman–Crippen LogP) is 1.10. The largest absolute Gasteiger partial charge is 0.335 e. The average molecular weight is 293 g/mol. The van der Waals surface area contributed by atoms with E-state index in [1.165, 1.54) is 0 Å². The Kier molecular flexibility index (Phi) is 2.55. The Hall–Kier alpha value is -2.84. The molecule has 1 saturated carbocycles. The topological polar surface area (TPSA) is 110 Å². The fraction of sp³-hybridized carbons (Fsp3) is 0.250. The lowest BCUT2D eigenvalue weighted by atomic mass is 10.0. The van der Waals surface area contributed by atoms with Gasteiger partial charge in [-0.15, -0.1) is 0 Å². The van der Waals surface area contributed by atoms with Crippen LogP contribution in [0.1, 0.15) is 12.8 Å². The minimum Gasteiger partial charge on any atom is -0.276 e. The molecule has 1 aliphatic heterocycles. The van der Waals surface area contributed by atoms with Gasteiger partial charge in [-0.3, -0.25) is 25.0 Å². The molecule has 2 fully saturated rings. The van der Waals surface area contributed by atoms with Crippen molar-refractivity contribution >= 4 is 29.2 Å². The average Bonchev–Trinajstić information content (AvgIpc) is 3.17. The van der Waals surface area contributed by atoms with Crippen LogP contribution >= 0.6 is 0 Å². The third kappa shape index (κ3) is 1.85. The van der Waals surface area contributed by atoms with Crippen molar-refractivity contribution in [2.24, 2.45) is 5.41 Å². The van der Waals surface area contributed by atoms with Crippen molar-refractivity contribution in [3.63, 3.8) is 0 Å². The maximum Gasteiger partial charge on any atom is 0.335 e. The van der Waals surface area contributed by atoms with Crippen LogP contribution in [0.15, 0.2) is 18.2 Å². The summed E-state index contributed by atoms with van der Waals surface area (Å²) in [6.07, 6.45) is 0.581. The van der Waals surface area contributed by atoms with Gasteiger partial charge in [0.1, 0.15) is 11.2 Å². The zero-order valence-electron chi connectivity index (χ0n) is 10.5. The zero-order valence-corrected chi connectivity index (χ0v) is 10.5. The van der Waals surface area contributed by atoms with Gasteiger partial charge in [-0.05, 0) is 18.9 Å². The Labute approximate surface area is 116 Å². The monoisotopic (exact) mass is 293 g/mol. The van der Waals surface area contributed by atoms with E-state index in [0.29, 0.717) is 23.8 Å². The second-order valence-corrected chi connectivity index (χ2v) is 4.91. The molecule has 108 valence electrons. The number of amides is 4. The van der Waals surface area contributed by atoms with E-state index < -0.39 is 39.7 Å². The molecule has 0 bridgehead atoms. The van der Waals surface area contributed by atoms with Crippen LogP contribution in [0.3, 0.4) is 0 Å². The number of hydrogen-bond donors (Lipinski definition) is 1. The number of imide groups is 2. The molecular weight excluding hydrogens is 285 g/mol. The van der Waals surface area contributed by atoms with Crippen molar-refractivity contribution < 1.29 is 23.7 Å². The Morgan fingerprint density at radius 1 is 1.24 bits per heavy atom. The summed E-state index contributed by atoms with van der Waals surface area (Å²) in [6.45, 7) is 0. The Bertz CT molecular complexity index is 713. The van der Waals surface area contributed by atoms with E-state index in [9.17, 15) is 28.9 Å². The van der Waals surface area contributed by atoms with E-state index in [1.54, 1.807) is 0 Å². The molecule has 0 atom stereocenters. The van der Waals surface area contributed by atoms with Gasteiger partial charge in [0.15, 0.2) is 0 Å². The molecule has 0 unspecified atom stereocenters. The van der Waals surface area contributed by atoms with Gasteiger partial charge in [0, 0.05) is 6.07 Å². The van der Waals surface area contributed by atoms with Crippen LogP contribution in [0.25, 0.3) is 0 Å². The number of nitrogens with zero attached hydrogens (tertiary/aromatic N) is 2. The molecule has 1 aliphatic carbocycles. The van der Waals surface area contributed by atoms with E-state index in [4.69, 9.17) is 0 Å². The van der Waals surface area contributed by atoms with Crippen molar-refractivity contribution in [1.29, 1.82) is 0 Å². The third-order valence-electron chi connectivity index (χ3n) is 3.56. The van der Waals surface area contributed by atoms with Gasteiger partial charge >= 0.3 is 6.03 Å². The molecule has 4 amide bonds. The first-order valence-corrected chi connectivity index (χ1v) is 6.00. The number of carbonyl (C=O) groups excluding carboxylic acids is 3. The highest BCUT2D eigenvalue weighted by molar-refractivity contribution is 6.31. The summed E-state index contributed by atoms with van der Waals surface area (Å²) in [5.41, 5.74) is -2.16. The first-order chi connectivity index (χ1) is 9.85. The van der Waals surface area contributed by atoms with Gasteiger partial charge in [0.05, 0.1) is 16.7 Å². The summed E-state index contributed by atoms with van der Waals surface area (Å²) in [6, 6.07) is 1.37. The molecule has 3 rings (SSSR count). The number of halogens is 1. The van der Waals surface area contributed by atoms with Crippen LogP contribution in [-0.2, 0) is 9.59 Å². The SMILES string of the molecule is O=C1NC(=O)C2(CC2)C(=O)N1c1cc(F)cc([N+](=O)[O-])c1. The number of non-ortho nitro benzene ring substituents is 1. The number of nitro benzene ring substituents is 1. The van der Waals surface area contributed by atoms with Gasteiger partial charge in [-0.1, -0.05) is 0 Å². The number of hydrogen-bond acceptors (Lipinski definition) is 5. The van der Waals surface area contributed by atoms with Crippen LogP contribution in [0.5, 0.6) is 0 Å². The van der Waals surface area contributed by atoms with Crippen LogP contribution < -0.4 is 10.2 Å². The van der Waals surface area contributed by atoms with E-state index >= 15 is 0 Å². The summed E-state index contributed by atoms with van der Waals surface area (Å²) in [7, 11) is 0. The van der Waals surface area contributed by atoms with Gasteiger partial charge in [-0.2, -0.15) is 0 Å². The lowest BCUT2D eigenvalue weighted by Crippen LogP contribution is -2.59. The third-order valence-corrected chi connectivity index (χ3v) is 3.56. The normalized spacial score (nSPS) is 19.7. The smallest absolute Gasteiger partial charge is 0.276 e. The fourth-order valence-electron chi connectivity index (χ4n) is 2.27. The summed E-state index contributed by atoms with van der Waals surface area (Å²) in [5, 5.41) is 12.7. The number of rotatable bonds is 2. The molecule has 8 nitrogen and oxygen atoms in total. The van der Waals surface area contributed by atoms with Crippen molar-refractivity contribution in [3.05, 3.63) is 34.1 Å². The molecule has 2 aliphatic rings. The number of anilines is 1. The molecule has 1 N–H and O–H groups in total. The van der Waals surface area contributed by atoms with Gasteiger partial charge < -0.3 is 0 Å². The first kappa shape index (κ1) is 13.2. The highest BCUT2D eigenvalue weighted by atomic mass is 19.1. The summed E-state index contributed by atoms with van der Waals surface area (Å²) >= 11 is 0. The minimum atomic E-state index is -1.30. The molecule has 1 spiro atoms. The van der Waals surface area contributed by atoms with Crippen molar-refractivity contribution in [1.82, 2.24) is 5.32 Å². The molecule has 21 heavy (non-hydrogen) atoms. The van der Waals surface area contributed by atoms with E-state index in [2.05, 4.69) is 0 Å². The van der Waals surface area contributed by atoms with Crippen LogP contribution in [0.2, 0.25) is 0 Å². The van der Waals surface area contributed by atoms with Crippen molar-refractivity contribution in [2.75, 3.05) is 4.90 Å². The number of nitrogens with one attached hydrogen (secondary N) is 1. The van der Waals surface area contributed by atoms with E-state index in [0.717, 1.165) is 12.1 Å². The van der Waals surface area contributed by atoms with Crippen molar-refractivity contribution in [3.8, 4) is 0 Å². The number of benzene rings is 1. The van der Waals surface area contributed by atoms with Crippen molar-refractivity contribution in [2.45, 2.75) is 12.8 Å². The van der Waals surface area contributed by atoms with E-state index in [-0.39, 0.29) is 5.69 Å². The lowest BCUT2D eigenvalue weighted by Gasteiger charge is -2.29.